The van der Waals surface area contributed by atoms with Crippen LogP contribution in [0.5, 0.6) is 5.75 Å². The molecule has 0 aliphatic heterocycles. The summed E-state index contributed by atoms with van der Waals surface area (Å²) in [6, 6.07) is 6.34. The van der Waals surface area contributed by atoms with Crippen molar-refractivity contribution in [3.8, 4) is 5.75 Å². The van der Waals surface area contributed by atoms with Crippen molar-refractivity contribution in [2.75, 3.05) is 27.7 Å². The Labute approximate surface area is 155 Å². The van der Waals surface area contributed by atoms with E-state index in [0.717, 1.165) is 55.3 Å². The normalized spacial score (nSPS) is 20.5. The highest BCUT2D eigenvalue weighted by molar-refractivity contribution is 5.94. The molecule has 1 heterocycles. The van der Waals surface area contributed by atoms with Crippen molar-refractivity contribution in [2.24, 2.45) is 5.73 Å². The Morgan fingerprint density at radius 2 is 2.04 bits per heavy atom. The highest BCUT2D eigenvalue weighted by atomic mass is 16.5. The number of carbonyl (C=O) groups is 1. The van der Waals surface area contributed by atoms with Gasteiger partial charge in [0.15, 0.2) is 0 Å². The van der Waals surface area contributed by atoms with Crippen molar-refractivity contribution >= 4 is 16.9 Å². The molecular formula is C20H30N4O2. The summed E-state index contributed by atoms with van der Waals surface area (Å²) in [4.78, 5) is 15.1. The highest BCUT2D eigenvalue weighted by Gasteiger charge is 2.22. The average Bonchev–Trinajstić information content (AvgIpc) is 2.99. The Hall–Kier alpha value is -2.05. The van der Waals surface area contributed by atoms with E-state index in [2.05, 4.69) is 24.3 Å². The zero-order chi connectivity index (χ0) is 18.7. The van der Waals surface area contributed by atoms with Crippen LogP contribution in [0.2, 0.25) is 0 Å². The van der Waals surface area contributed by atoms with E-state index in [1.54, 1.807) is 11.7 Å². The summed E-state index contributed by atoms with van der Waals surface area (Å²) in [7, 11) is 5.76. The minimum atomic E-state index is -0.0696. The van der Waals surface area contributed by atoms with Crippen LogP contribution in [0.25, 0.3) is 10.9 Å². The van der Waals surface area contributed by atoms with Gasteiger partial charge in [-0.2, -0.15) is 0 Å². The second kappa shape index (κ2) is 8.10. The van der Waals surface area contributed by atoms with Gasteiger partial charge in [-0.05, 0) is 63.9 Å². The molecule has 6 nitrogen and oxygen atoms in total. The fourth-order valence-electron chi connectivity index (χ4n) is 3.62. The molecule has 0 bridgehead atoms. The molecule has 0 unspecified atom stereocenters. The molecule has 1 aliphatic carbocycles. The van der Waals surface area contributed by atoms with Gasteiger partial charge >= 0.3 is 6.03 Å². The van der Waals surface area contributed by atoms with E-state index in [1.165, 1.54) is 5.56 Å². The number of methoxy groups -OCH3 is 1. The summed E-state index contributed by atoms with van der Waals surface area (Å²) < 4.78 is 7.09. The fraction of sp³-hybridized carbons (Fsp3) is 0.550. The monoisotopic (exact) mass is 358 g/mol. The first kappa shape index (κ1) is 18.7. The Morgan fingerprint density at radius 3 is 2.69 bits per heavy atom. The summed E-state index contributed by atoms with van der Waals surface area (Å²) in [5, 5.41) is 4.29. The molecule has 1 aromatic carbocycles. The van der Waals surface area contributed by atoms with E-state index in [0.29, 0.717) is 0 Å². The molecule has 1 amide bonds. The molecule has 1 aromatic heterocycles. The van der Waals surface area contributed by atoms with Gasteiger partial charge in [-0.25, -0.2) is 4.79 Å². The van der Waals surface area contributed by atoms with Gasteiger partial charge in [0.05, 0.1) is 12.6 Å². The zero-order valence-corrected chi connectivity index (χ0v) is 16.0. The maximum atomic E-state index is 12.9. The third-order valence-corrected chi connectivity index (χ3v) is 5.24. The molecule has 6 heteroatoms. The van der Waals surface area contributed by atoms with E-state index >= 15 is 0 Å². The Morgan fingerprint density at radius 1 is 1.31 bits per heavy atom. The Kier molecular flexibility index (Phi) is 5.84. The van der Waals surface area contributed by atoms with Crippen molar-refractivity contribution in [3.63, 3.8) is 0 Å². The van der Waals surface area contributed by atoms with Gasteiger partial charge in [-0.3, -0.25) is 4.57 Å². The number of hydrogen-bond donors (Lipinski definition) is 2. The van der Waals surface area contributed by atoms with Crippen molar-refractivity contribution in [2.45, 2.75) is 44.2 Å². The average molecular weight is 358 g/mol. The SMILES string of the molecule is COc1ccc2c(CCN(C)C)cn(C(=O)NC3CCC(N)CC3)c2c1. The Bertz CT molecular complexity index is 761. The summed E-state index contributed by atoms with van der Waals surface area (Å²) in [5.74, 6) is 0.757. The third kappa shape index (κ3) is 4.19. The van der Waals surface area contributed by atoms with Gasteiger partial charge < -0.3 is 20.7 Å². The third-order valence-electron chi connectivity index (χ3n) is 5.24. The molecule has 26 heavy (non-hydrogen) atoms. The van der Waals surface area contributed by atoms with Crippen LogP contribution in [0.15, 0.2) is 24.4 Å². The lowest BCUT2D eigenvalue weighted by Gasteiger charge is -2.26. The Balaban J connectivity index is 1.86. The van der Waals surface area contributed by atoms with Crippen LogP contribution >= 0.6 is 0 Å². The molecule has 0 atom stereocenters. The van der Waals surface area contributed by atoms with Crippen LogP contribution in [-0.4, -0.2) is 55.3 Å². The van der Waals surface area contributed by atoms with Crippen LogP contribution in [-0.2, 0) is 6.42 Å². The molecule has 2 aromatic rings. The van der Waals surface area contributed by atoms with E-state index in [4.69, 9.17) is 10.5 Å². The molecule has 3 rings (SSSR count). The molecule has 142 valence electrons. The number of amides is 1. The number of nitrogens with two attached hydrogens (primary N) is 1. The summed E-state index contributed by atoms with van der Waals surface area (Å²) in [5.41, 5.74) is 8.04. The number of ether oxygens (including phenoxy) is 1. The van der Waals surface area contributed by atoms with Gasteiger partial charge in [0.1, 0.15) is 5.75 Å². The lowest BCUT2D eigenvalue weighted by atomic mass is 9.92. The molecule has 0 saturated heterocycles. The second-order valence-corrected chi connectivity index (χ2v) is 7.52. The lowest BCUT2D eigenvalue weighted by molar-refractivity contribution is 0.233. The van der Waals surface area contributed by atoms with Crippen LogP contribution in [0.4, 0.5) is 4.79 Å². The lowest BCUT2D eigenvalue weighted by Crippen LogP contribution is -2.42. The van der Waals surface area contributed by atoms with Crippen molar-refractivity contribution in [3.05, 3.63) is 30.0 Å². The highest BCUT2D eigenvalue weighted by Crippen LogP contribution is 2.27. The minimum absolute atomic E-state index is 0.0696. The summed E-state index contributed by atoms with van der Waals surface area (Å²) >= 11 is 0. The number of likely N-dealkylation sites (N-methyl/N-ethyl adjacent to an activating group) is 1. The van der Waals surface area contributed by atoms with Crippen molar-refractivity contribution in [1.82, 2.24) is 14.8 Å². The molecule has 0 radical (unpaired) electrons. The first-order valence-electron chi connectivity index (χ1n) is 9.37. The van der Waals surface area contributed by atoms with Crippen LogP contribution in [0.1, 0.15) is 31.2 Å². The van der Waals surface area contributed by atoms with Crippen LogP contribution in [0, 0.1) is 0 Å². The predicted octanol–water partition coefficient (Wildman–Crippen LogP) is 2.58. The minimum Gasteiger partial charge on any atom is -0.497 e. The van der Waals surface area contributed by atoms with Gasteiger partial charge in [0.25, 0.3) is 0 Å². The van der Waals surface area contributed by atoms with Gasteiger partial charge in [-0.1, -0.05) is 0 Å². The van der Waals surface area contributed by atoms with E-state index in [9.17, 15) is 4.79 Å². The van der Waals surface area contributed by atoms with E-state index in [1.807, 2.05) is 24.4 Å². The topological polar surface area (TPSA) is 72.5 Å². The number of benzene rings is 1. The number of aromatic nitrogens is 1. The van der Waals surface area contributed by atoms with Gasteiger partial charge in [-0.15, -0.1) is 0 Å². The molecule has 1 aliphatic rings. The first-order valence-corrected chi connectivity index (χ1v) is 9.37. The number of nitrogens with one attached hydrogen (secondary N) is 1. The maximum absolute atomic E-state index is 12.9. The molecule has 3 N–H and O–H groups in total. The number of carbonyl (C=O) groups excluding carboxylic acids is 1. The maximum Gasteiger partial charge on any atom is 0.326 e. The van der Waals surface area contributed by atoms with E-state index < -0.39 is 0 Å². The predicted molar refractivity (Wildman–Crippen MR) is 105 cm³/mol. The summed E-state index contributed by atoms with van der Waals surface area (Å²) in [6.07, 6.45) is 6.70. The van der Waals surface area contributed by atoms with Gasteiger partial charge in [0.2, 0.25) is 0 Å². The van der Waals surface area contributed by atoms with Crippen LogP contribution in [0.3, 0.4) is 0 Å². The van der Waals surface area contributed by atoms with Crippen molar-refractivity contribution < 1.29 is 9.53 Å². The number of hydrogen-bond acceptors (Lipinski definition) is 4. The molecular weight excluding hydrogens is 328 g/mol. The number of fused-ring (bicyclic) bond motifs is 1. The zero-order valence-electron chi connectivity index (χ0n) is 16.0. The van der Waals surface area contributed by atoms with Crippen molar-refractivity contribution in [1.29, 1.82) is 0 Å². The second-order valence-electron chi connectivity index (χ2n) is 7.52. The van der Waals surface area contributed by atoms with E-state index in [-0.39, 0.29) is 18.1 Å². The number of nitrogens with zero attached hydrogens (tertiary/aromatic N) is 2. The molecule has 0 spiro atoms. The standard InChI is InChI=1S/C20H30N4O2/c1-23(2)11-10-14-13-24(19-12-17(26-3)8-9-18(14)19)20(25)22-16-6-4-15(21)5-7-16/h8-9,12-13,15-16H,4-7,10-11,21H2,1-3H3,(H,22,25). The fourth-order valence-corrected chi connectivity index (χ4v) is 3.62. The first-order chi connectivity index (χ1) is 12.5. The smallest absolute Gasteiger partial charge is 0.326 e. The van der Waals surface area contributed by atoms with Gasteiger partial charge in [0, 0.05) is 36.3 Å². The molecule has 1 saturated carbocycles. The quantitative estimate of drug-likeness (QED) is 0.862. The molecule has 1 fully saturated rings. The van der Waals surface area contributed by atoms with Crippen LogP contribution < -0.4 is 15.8 Å². The number of rotatable bonds is 5. The largest absolute Gasteiger partial charge is 0.497 e. The summed E-state index contributed by atoms with van der Waals surface area (Å²) in [6.45, 7) is 0.938.